The third-order valence-corrected chi connectivity index (χ3v) is 2.64. The summed E-state index contributed by atoms with van der Waals surface area (Å²) in [4.78, 5) is 10.5. The number of carboxylic acid groups (broad SMARTS) is 1. The standard InChI is InChI=1S/C13H18O4/c1-3-9(2)17-8-12(14)10-4-6-11(7-5-10)13(15)16/h4-7,9,12,14H,3,8H2,1-2H3,(H,15,16)/p-1. The summed E-state index contributed by atoms with van der Waals surface area (Å²) < 4.78 is 5.41. The molecule has 0 saturated heterocycles. The third kappa shape index (κ3) is 4.17. The second-order valence-electron chi connectivity index (χ2n) is 3.98. The molecule has 2 unspecified atom stereocenters. The fourth-order valence-electron chi connectivity index (χ4n) is 1.31. The maximum atomic E-state index is 10.5. The summed E-state index contributed by atoms with van der Waals surface area (Å²) in [6.07, 6.45) is 0.253. The fourth-order valence-corrected chi connectivity index (χ4v) is 1.31. The molecule has 0 fully saturated rings. The van der Waals surface area contributed by atoms with Crippen LogP contribution in [0.4, 0.5) is 0 Å². The van der Waals surface area contributed by atoms with E-state index in [2.05, 4.69) is 0 Å². The van der Waals surface area contributed by atoms with E-state index in [-0.39, 0.29) is 18.3 Å². The first kappa shape index (κ1) is 13.7. The Hall–Kier alpha value is -1.39. The number of hydrogen-bond donors (Lipinski definition) is 1. The summed E-state index contributed by atoms with van der Waals surface area (Å²) in [5.41, 5.74) is 0.738. The normalized spacial score (nSPS) is 14.3. The van der Waals surface area contributed by atoms with Crippen molar-refractivity contribution in [1.29, 1.82) is 0 Å². The van der Waals surface area contributed by atoms with Crippen LogP contribution in [0.15, 0.2) is 24.3 Å². The Morgan fingerprint density at radius 2 is 2.00 bits per heavy atom. The van der Waals surface area contributed by atoms with Crippen LogP contribution in [0.5, 0.6) is 0 Å². The molecule has 0 amide bonds. The van der Waals surface area contributed by atoms with Gasteiger partial charge in [0.15, 0.2) is 0 Å². The van der Waals surface area contributed by atoms with Crippen molar-refractivity contribution < 1.29 is 19.7 Å². The molecule has 1 rings (SSSR count). The lowest BCUT2D eigenvalue weighted by Crippen LogP contribution is -2.22. The van der Waals surface area contributed by atoms with Crippen molar-refractivity contribution in [2.75, 3.05) is 6.61 Å². The number of ether oxygens (including phenoxy) is 1. The van der Waals surface area contributed by atoms with Crippen LogP contribution in [0.2, 0.25) is 0 Å². The van der Waals surface area contributed by atoms with Gasteiger partial charge in [-0.15, -0.1) is 0 Å². The molecule has 0 aliphatic heterocycles. The van der Waals surface area contributed by atoms with Crippen LogP contribution in [0.25, 0.3) is 0 Å². The van der Waals surface area contributed by atoms with E-state index in [1.54, 1.807) is 12.1 Å². The van der Waals surface area contributed by atoms with E-state index in [1.165, 1.54) is 12.1 Å². The van der Waals surface area contributed by atoms with Crippen LogP contribution in [0, 0.1) is 0 Å². The number of aliphatic hydroxyl groups excluding tert-OH is 1. The highest BCUT2D eigenvalue weighted by Gasteiger charge is 2.09. The zero-order valence-electron chi connectivity index (χ0n) is 10.1. The average Bonchev–Trinajstić information content (AvgIpc) is 2.35. The third-order valence-electron chi connectivity index (χ3n) is 2.64. The molecule has 0 aliphatic rings. The van der Waals surface area contributed by atoms with E-state index in [0.717, 1.165) is 6.42 Å². The quantitative estimate of drug-likeness (QED) is 0.798. The van der Waals surface area contributed by atoms with Crippen LogP contribution in [-0.2, 0) is 4.74 Å². The van der Waals surface area contributed by atoms with E-state index in [4.69, 9.17) is 4.74 Å². The highest BCUT2D eigenvalue weighted by molar-refractivity contribution is 5.85. The summed E-state index contributed by atoms with van der Waals surface area (Å²) >= 11 is 0. The topological polar surface area (TPSA) is 69.6 Å². The van der Waals surface area contributed by atoms with Gasteiger partial charge in [-0.3, -0.25) is 0 Å². The van der Waals surface area contributed by atoms with Crippen molar-refractivity contribution in [2.45, 2.75) is 32.5 Å². The molecule has 1 N–H and O–H groups in total. The SMILES string of the molecule is CCC(C)OCC(O)c1ccc(C(=O)[O-])cc1. The number of carboxylic acids is 1. The van der Waals surface area contributed by atoms with E-state index >= 15 is 0 Å². The Morgan fingerprint density at radius 3 is 2.47 bits per heavy atom. The largest absolute Gasteiger partial charge is 0.545 e. The highest BCUT2D eigenvalue weighted by atomic mass is 16.5. The Kier molecular flexibility index (Phi) is 5.12. The number of rotatable bonds is 6. The average molecular weight is 237 g/mol. The second kappa shape index (κ2) is 6.37. The van der Waals surface area contributed by atoms with Crippen LogP contribution in [0.3, 0.4) is 0 Å². The van der Waals surface area contributed by atoms with Crippen molar-refractivity contribution in [3.05, 3.63) is 35.4 Å². The predicted octanol–water partition coefficient (Wildman–Crippen LogP) is 0.899. The lowest BCUT2D eigenvalue weighted by Gasteiger charge is -2.15. The maximum Gasteiger partial charge on any atom is 0.102 e. The molecule has 0 aromatic heterocycles. The van der Waals surface area contributed by atoms with Crippen molar-refractivity contribution in [3.8, 4) is 0 Å². The smallest absolute Gasteiger partial charge is 0.102 e. The first-order valence-corrected chi connectivity index (χ1v) is 5.65. The molecule has 0 spiro atoms. The number of carbonyl (C=O) groups excluding carboxylic acids is 1. The lowest BCUT2D eigenvalue weighted by molar-refractivity contribution is -0.255. The first-order chi connectivity index (χ1) is 8.04. The molecule has 0 aliphatic carbocycles. The van der Waals surface area contributed by atoms with Gasteiger partial charge in [0, 0.05) is 0 Å². The molecule has 0 saturated carbocycles. The van der Waals surface area contributed by atoms with Gasteiger partial charge in [0.25, 0.3) is 0 Å². The number of hydrogen-bond acceptors (Lipinski definition) is 4. The van der Waals surface area contributed by atoms with Gasteiger partial charge >= 0.3 is 0 Å². The maximum absolute atomic E-state index is 10.5. The van der Waals surface area contributed by atoms with Crippen LogP contribution < -0.4 is 5.11 Å². The minimum atomic E-state index is -1.22. The molecule has 0 bridgehead atoms. The molecule has 17 heavy (non-hydrogen) atoms. The molecule has 2 atom stereocenters. The summed E-state index contributed by atoms with van der Waals surface area (Å²) in [5.74, 6) is -1.22. The van der Waals surface area contributed by atoms with E-state index in [1.807, 2.05) is 13.8 Å². The van der Waals surface area contributed by atoms with Gasteiger partial charge in [-0.2, -0.15) is 0 Å². The Bertz CT molecular complexity index is 358. The molecular weight excluding hydrogens is 220 g/mol. The van der Waals surface area contributed by atoms with Crippen molar-refractivity contribution in [1.82, 2.24) is 0 Å². The lowest BCUT2D eigenvalue weighted by atomic mass is 10.1. The van der Waals surface area contributed by atoms with Crippen LogP contribution in [0.1, 0.15) is 42.3 Å². The fraction of sp³-hybridized carbons (Fsp3) is 0.462. The summed E-state index contributed by atoms with van der Waals surface area (Å²) in [6.45, 7) is 4.15. The summed E-state index contributed by atoms with van der Waals surface area (Å²) in [7, 11) is 0. The minimum absolute atomic E-state index is 0.101. The summed E-state index contributed by atoms with van der Waals surface area (Å²) in [5, 5.41) is 20.3. The van der Waals surface area contributed by atoms with Gasteiger partial charge in [-0.05, 0) is 24.5 Å². The molecule has 4 heteroatoms. The van der Waals surface area contributed by atoms with E-state index in [9.17, 15) is 15.0 Å². The Balaban J connectivity index is 2.57. The van der Waals surface area contributed by atoms with E-state index < -0.39 is 12.1 Å². The predicted molar refractivity (Wildman–Crippen MR) is 61.4 cm³/mol. The highest BCUT2D eigenvalue weighted by Crippen LogP contribution is 2.15. The van der Waals surface area contributed by atoms with Gasteiger partial charge < -0.3 is 19.7 Å². The van der Waals surface area contributed by atoms with Crippen LogP contribution >= 0.6 is 0 Å². The molecule has 0 heterocycles. The second-order valence-corrected chi connectivity index (χ2v) is 3.98. The van der Waals surface area contributed by atoms with Gasteiger partial charge in [-0.25, -0.2) is 0 Å². The zero-order valence-corrected chi connectivity index (χ0v) is 10.1. The molecule has 1 aromatic rings. The van der Waals surface area contributed by atoms with Crippen molar-refractivity contribution in [3.63, 3.8) is 0 Å². The van der Waals surface area contributed by atoms with Crippen molar-refractivity contribution >= 4 is 5.97 Å². The number of aliphatic hydroxyl groups is 1. The molecule has 94 valence electrons. The molecule has 1 aromatic carbocycles. The molecule has 0 radical (unpaired) electrons. The molecular formula is C13H17O4-. The molecule has 4 nitrogen and oxygen atoms in total. The van der Waals surface area contributed by atoms with Crippen molar-refractivity contribution in [2.24, 2.45) is 0 Å². The van der Waals surface area contributed by atoms with Gasteiger partial charge in [0.1, 0.15) is 6.10 Å². The summed E-state index contributed by atoms with van der Waals surface area (Å²) in [6, 6.07) is 5.96. The van der Waals surface area contributed by atoms with E-state index in [0.29, 0.717) is 5.56 Å². The number of benzene rings is 1. The Labute approximate surface area is 101 Å². The minimum Gasteiger partial charge on any atom is -0.545 e. The van der Waals surface area contributed by atoms with Gasteiger partial charge in [0.05, 0.1) is 18.7 Å². The Morgan fingerprint density at radius 1 is 1.41 bits per heavy atom. The number of aromatic carboxylic acids is 1. The number of carbonyl (C=O) groups is 1. The zero-order chi connectivity index (χ0) is 12.8. The van der Waals surface area contributed by atoms with Gasteiger partial charge in [-0.1, -0.05) is 31.2 Å². The van der Waals surface area contributed by atoms with Gasteiger partial charge in [0.2, 0.25) is 0 Å². The van der Waals surface area contributed by atoms with Crippen LogP contribution in [-0.4, -0.2) is 23.8 Å². The first-order valence-electron chi connectivity index (χ1n) is 5.65. The monoisotopic (exact) mass is 237 g/mol.